The number of cyclic esters (lactones) is 1. The number of hydrogen-bond acceptors (Lipinski definition) is 9. The summed E-state index contributed by atoms with van der Waals surface area (Å²) < 4.78 is 28.9. The van der Waals surface area contributed by atoms with Crippen molar-refractivity contribution in [2.24, 2.45) is 34.5 Å². The molecular formula is C32H48O9. The van der Waals surface area contributed by atoms with Crippen molar-refractivity contribution in [3.63, 3.8) is 0 Å². The van der Waals surface area contributed by atoms with Gasteiger partial charge in [-0.15, -0.1) is 0 Å². The number of aliphatic hydroxyl groups excluding tert-OH is 1. The van der Waals surface area contributed by atoms with E-state index in [2.05, 4.69) is 13.8 Å². The van der Waals surface area contributed by atoms with Gasteiger partial charge < -0.3 is 33.9 Å². The Labute approximate surface area is 243 Å². The fraction of sp³-hybridized carbons (Fsp3) is 0.875. The van der Waals surface area contributed by atoms with Crippen molar-refractivity contribution < 1.29 is 43.5 Å². The predicted molar refractivity (Wildman–Crippen MR) is 147 cm³/mol. The molecule has 1 saturated heterocycles. The van der Waals surface area contributed by atoms with Crippen molar-refractivity contribution in [3.05, 3.63) is 11.6 Å². The summed E-state index contributed by atoms with van der Waals surface area (Å²) in [6, 6.07) is 0. The molecule has 6 aliphatic rings. The Morgan fingerprint density at radius 3 is 2.51 bits per heavy atom. The van der Waals surface area contributed by atoms with Crippen molar-refractivity contribution in [3.8, 4) is 0 Å². The lowest BCUT2D eigenvalue weighted by Gasteiger charge is -2.64. The van der Waals surface area contributed by atoms with Crippen LogP contribution in [0.25, 0.3) is 0 Å². The molecule has 0 spiro atoms. The molecule has 0 radical (unpaired) electrons. The number of carbonyl (C=O) groups excluding carboxylic acids is 2. The Bertz CT molecular complexity index is 1080. The highest BCUT2D eigenvalue weighted by atomic mass is 16.7. The van der Waals surface area contributed by atoms with Gasteiger partial charge in [-0.1, -0.05) is 13.8 Å². The van der Waals surface area contributed by atoms with E-state index < -0.39 is 42.3 Å². The van der Waals surface area contributed by atoms with Crippen LogP contribution < -0.4 is 0 Å². The van der Waals surface area contributed by atoms with Crippen molar-refractivity contribution in [2.45, 2.75) is 128 Å². The van der Waals surface area contributed by atoms with Crippen LogP contribution in [0.5, 0.6) is 0 Å². The highest BCUT2D eigenvalue weighted by molar-refractivity contribution is 5.85. The van der Waals surface area contributed by atoms with Gasteiger partial charge in [0.15, 0.2) is 12.4 Å². The summed E-state index contributed by atoms with van der Waals surface area (Å²) >= 11 is 0. The fourth-order valence-corrected chi connectivity index (χ4v) is 10.4. The molecule has 6 rings (SSSR count). The van der Waals surface area contributed by atoms with E-state index >= 15 is 0 Å². The summed E-state index contributed by atoms with van der Waals surface area (Å²) in [6.45, 7) is 8.19. The zero-order valence-electron chi connectivity index (χ0n) is 25.2. The largest absolute Gasteiger partial charge is 0.458 e. The van der Waals surface area contributed by atoms with E-state index in [9.17, 15) is 19.8 Å². The Morgan fingerprint density at radius 2 is 1.83 bits per heavy atom. The van der Waals surface area contributed by atoms with Crippen molar-refractivity contribution in [1.82, 2.24) is 0 Å². The normalized spacial score (nSPS) is 51.2. The topological polar surface area (TPSA) is 121 Å². The molecule has 5 fully saturated rings. The number of rotatable bonds is 5. The summed E-state index contributed by atoms with van der Waals surface area (Å²) in [6.07, 6.45) is 6.35. The molecule has 4 aliphatic carbocycles. The average Bonchev–Trinajstić information content (AvgIpc) is 3.46. The summed E-state index contributed by atoms with van der Waals surface area (Å²) in [5.74, 6) is 0.650. The van der Waals surface area contributed by atoms with Gasteiger partial charge in [-0.25, -0.2) is 4.79 Å². The summed E-state index contributed by atoms with van der Waals surface area (Å²) in [5, 5.41) is 23.1. The lowest BCUT2D eigenvalue weighted by Crippen LogP contribution is -2.63. The monoisotopic (exact) mass is 576 g/mol. The van der Waals surface area contributed by atoms with E-state index in [1.54, 1.807) is 13.0 Å². The third-order valence-electron chi connectivity index (χ3n) is 12.6. The zero-order valence-corrected chi connectivity index (χ0v) is 25.2. The molecular weight excluding hydrogens is 528 g/mol. The van der Waals surface area contributed by atoms with E-state index in [0.29, 0.717) is 18.4 Å². The first kappa shape index (κ1) is 29.5. The van der Waals surface area contributed by atoms with Crippen molar-refractivity contribution in [2.75, 3.05) is 13.7 Å². The number of aliphatic hydroxyl groups is 2. The smallest absolute Gasteiger partial charge is 0.331 e. The summed E-state index contributed by atoms with van der Waals surface area (Å²) in [5.41, 5.74) is 0.221. The SMILES string of the molecule is CO[C@@H]1[C@@H](O)[C@H](C)O[C@@H](O[C@H]2CC[C@@]3(C)[C@H](CC[C@@H]4[C@@H]3CC[C@]3(C)[C@@H](C5=CC(=O)OC5)CC[C@]43O)C2)[C@@H]1OC(C)=O. The fourth-order valence-electron chi connectivity index (χ4n) is 10.4. The first-order chi connectivity index (χ1) is 19.4. The third kappa shape index (κ3) is 4.60. The standard InChI is InChI=1S/C32H48O9/c1-17-26(35)27(37-5)28(40-18(2)33)29(39-17)41-21-8-11-30(3)20(15-21)6-7-24-23(30)9-12-31(4)22(10-13-32(24,31)36)19-14-25(34)38-16-19/h14,17,20-24,26-29,35-36H,6-13,15-16H2,1-5H3/t17-,20+,21-,22+,23-,24+,26-,27+,28+,29-,30-,31+,32-/m0/s1. The lowest BCUT2D eigenvalue weighted by molar-refractivity contribution is -0.315. The lowest BCUT2D eigenvalue weighted by atomic mass is 9.43. The molecule has 9 nitrogen and oxygen atoms in total. The summed E-state index contributed by atoms with van der Waals surface area (Å²) in [4.78, 5) is 23.7. The molecule has 2 aliphatic heterocycles. The van der Waals surface area contributed by atoms with Crippen molar-refractivity contribution >= 4 is 11.9 Å². The van der Waals surface area contributed by atoms with Gasteiger partial charge >= 0.3 is 11.9 Å². The van der Waals surface area contributed by atoms with E-state index in [1.807, 2.05) is 0 Å². The molecule has 2 N–H and O–H groups in total. The predicted octanol–water partition coefficient (Wildman–Crippen LogP) is 3.68. The van der Waals surface area contributed by atoms with Gasteiger partial charge in [-0.3, -0.25) is 4.79 Å². The molecule has 0 aromatic heterocycles. The van der Waals surface area contributed by atoms with Crippen LogP contribution in [0.2, 0.25) is 0 Å². The van der Waals surface area contributed by atoms with E-state index in [1.165, 1.54) is 14.0 Å². The van der Waals surface area contributed by atoms with Crippen molar-refractivity contribution in [1.29, 1.82) is 0 Å². The molecule has 0 aromatic carbocycles. The second-order valence-corrected chi connectivity index (χ2v) is 14.3. The van der Waals surface area contributed by atoms with E-state index in [4.69, 9.17) is 23.7 Å². The Kier molecular flexibility index (Phi) is 7.62. The first-order valence-electron chi connectivity index (χ1n) is 15.7. The van der Waals surface area contributed by atoms with Crippen LogP contribution in [-0.4, -0.2) is 78.3 Å². The van der Waals surface area contributed by atoms with Gasteiger partial charge in [-0.05, 0) is 99.4 Å². The average molecular weight is 577 g/mol. The highest BCUT2D eigenvalue weighted by Crippen LogP contribution is 2.70. The maximum absolute atomic E-state index is 12.5. The van der Waals surface area contributed by atoms with Crippen LogP contribution in [0.4, 0.5) is 0 Å². The molecule has 230 valence electrons. The number of carbonyl (C=O) groups is 2. The molecule has 0 bridgehead atoms. The van der Waals surface area contributed by atoms with Crippen LogP contribution in [-0.2, 0) is 33.3 Å². The molecule has 4 saturated carbocycles. The van der Waals surface area contributed by atoms with Crippen LogP contribution in [0.1, 0.15) is 85.5 Å². The Morgan fingerprint density at radius 1 is 1.05 bits per heavy atom. The molecule has 13 atom stereocenters. The molecule has 2 heterocycles. The minimum absolute atomic E-state index is 0.0488. The van der Waals surface area contributed by atoms with Crippen LogP contribution >= 0.6 is 0 Å². The second kappa shape index (κ2) is 10.6. The highest BCUT2D eigenvalue weighted by Gasteiger charge is 2.67. The number of fused-ring (bicyclic) bond motifs is 5. The van der Waals surface area contributed by atoms with Gasteiger partial charge in [0.2, 0.25) is 0 Å². The van der Waals surface area contributed by atoms with Gasteiger partial charge in [0.25, 0.3) is 0 Å². The van der Waals surface area contributed by atoms with Crippen LogP contribution in [0.3, 0.4) is 0 Å². The van der Waals surface area contributed by atoms with Gasteiger partial charge in [0.1, 0.15) is 18.8 Å². The molecule has 41 heavy (non-hydrogen) atoms. The minimum Gasteiger partial charge on any atom is -0.458 e. The van der Waals surface area contributed by atoms with Gasteiger partial charge in [-0.2, -0.15) is 0 Å². The third-order valence-corrected chi connectivity index (χ3v) is 12.6. The van der Waals surface area contributed by atoms with Crippen LogP contribution in [0, 0.1) is 34.5 Å². The maximum atomic E-state index is 12.5. The molecule has 0 unspecified atom stereocenters. The number of methoxy groups -OCH3 is 1. The molecule has 9 heteroatoms. The number of ether oxygens (including phenoxy) is 5. The second-order valence-electron chi connectivity index (χ2n) is 14.3. The zero-order chi connectivity index (χ0) is 29.3. The minimum atomic E-state index is -0.926. The van der Waals surface area contributed by atoms with Gasteiger partial charge in [0.05, 0.1) is 17.8 Å². The summed E-state index contributed by atoms with van der Waals surface area (Å²) in [7, 11) is 1.50. The van der Waals surface area contributed by atoms with E-state index in [0.717, 1.165) is 63.4 Å². The number of esters is 2. The Balaban J connectivity index is 1.16. The first-order valence-corrected chi connectivity index (χ1v) is 15.7. The molecule has 0 amide bonds. The maximum Gasteiger partial charge on any atom is 0.331 e. The van der Waals surface area contributed by atoms with E-state index in [-0.39, 0.29) is 34.7 Å². The Hall–Kier alpha value is -1.52. The number of hydrogen-bond donors (Lipinski definition) is 2. The van der Waals surface area contributed by atoms with Crippen LogP contribution in [0.15, 0.2) is 11.6 Å². The van der Waals surface area contributed by atoms with Gasteiger partial charge in [0, 0.05) is 25.5 Å². The quantitative estimate of drug-likeness (QED) is 0.373. The molecule has 0 aromatic rings.